The van der Waals surface area contributed by atoms with E-state index >= 15 is 0 Å². The number of aryl methyl sites for hydroxylation is 1. The number of amides is 1. The number of nitrogens with zero attached hydrogens (tertiary/aromatic N) is 1. The summed E-state index contributed by atoms with van der Waals surface area (Å²) in [5.41, 5.74) is 9.72. The monoisotopic (exact) mass is 327 g/mol. The molecule has 1 fully saturated rings. The van der Waals surface area contributed by atoms with Gasteiger partial charge in [-0.25, -0.2) is 4.79 Å². The summed E-state index contributed by atoms with van der Waals surface area (Å²) in [7, 11) is 0. The molecule has 4 rings (SSSR count). The smallest absolute Gasteiger partial charge is 0.326 e. The highest BCUT2D eigenvalue weighted by Gasteiger charge is 2.39. The van der Waals surface area contributed by atoms with Crippen molar-refractivity contribution in [2.45, 2.75) is 44.1 Å². The zero-order valence-electron chi connectivity index (χ0n) is 13.4. The summed E-state index contributed by atoms with van der Waals surface area (Å²) in [6.45, 7) is 0.537. The van der Waals surface area contributed by atoms with Crippen LogP contribution in [0.5, 0.6) is 0 Å². The highest BCUT2D eigenvalue weighted by Crippen LogP contribution is 2.38. The van der Waals surface area contributed by atoms with Crippen LogP contribution in [0.4, 0.5) is 5.69 Å². The number of H-pyrrole nitrogens is 1. The summed E-state index contributed by atoms with van der Waals surface area (Å²) in [6, 6.07) is 5.07. The molecule has 24 heavy (non-hydrogen) atoms. The molecule has 2 heterocycles. The molecule has 0 saturated carbocycles. The van der Waals surface area contributed by atoms with Crippen LogP contribution in [0.3, 0.4) is 0 Å². The average Bonchev–Trinajstić information content (AvgIpc) is 3.18. The standard InChI is InChI=1S/C18H21N3O3/c19-10-6-7-14-13(9-10)11-3-1-4-12(16(11)20-14)17(22)21-8-2-5-15(21)18(23)24/h6-7,9,12,15,20H,1-5,8,19H2,(H,23,24). The third-order valence-corrected chi connectivity index (χ3v) is 5.35. The Hall–Kier alpha value is -2.50. The van der Waals surface area contributed by atoms with E-state index in [4.69, 9.17) is 5.73 Å². The van der Waals surface area contributed by atoms with Gasteiger partial charge in [-0.05, 0) is 55.9 Å². The summed E-state index contributed by atoms with van der Waals surface area (Å²) in [5.74, 6) is -1.23. The Morgan fingerprint density at radius 2 is 2.08 bits per heavy atom. The quantitative estimate of drug-likeness (QED) is 0.737. The highest BCUT2D eigenvalue weighted by atomic mass is 16.4. The van der Waals surface area contributed by atoms with Crippen LogP contribution in [0.1, 0.15) is 42.9 Å². The summed E-state index contributed by atoms with van der Waals surface area (Å²) in [4.78, 5) is 29.4. The van der Waals surface area contributed by atoms with E-state index in [1.54, 1.807) is 4.90 Å². The molecule has 4 N–H and O–H groups in total. The molecule has 2 unspecified atom stereocenters. The van der Waals surface area contributed by atoms with Crippen molar-refractivity contribution in [3.63, 3.8) is 0 Å². The number of carboxylic acid groups (broad SMARTS) is 1. The van der Waals surface area contributed by atoms with Gasteiger partial charge in [0.25, 0.3) is 0 Å². The van der Waals surface area contributed by atoms with E-state index in [2.05, 4.69) is 4.98 Å². The number of hydrogen-bond acceptors (Lipinski definition) is 3. The molecule has 1 aliphatic carbocycles. The molecule has 0 bridgehead atoms. The molecule has 0 radical (unpaired) electrons. The fraction of sp³-hybridized carbons (Fsp3) is 0.444. The Morgan fingerprint density at radius 1 is 1.25 bits per heavy atom. The summed E-state index contributed by atoms with van der Waals surface area (Å²) >= 11 is 0. The molecule has 126 valence electrons. The summed E-state index contributed by atoms with van der Waals surface area (Å²) in [5, 5.41) is 10.4. The maximum absolute atomic E-state index is 13.0. The summed E-state index contributed by atoms with van der Waals surface area (Å²) in [6.07, 6.45) is 3.91. The highest BCUT2D eigenvalue weighted by molar-refractivity contribution is 5.93. The minimum absolute atomic E-state index is 0.0552. The number of nitrogens with one attached hydrogen (secondary N) is 1. The molecular formula is C18H21N3O3. The molecular weight excluding hydrogens is 306 g/mol. The first-order valence-electron chi connectivity index (χ1n) is 8.49. The lowest BCUT2D eigenvalue weighted by Crippen LogP contribution is -2.43. The number of aromatic amines is 1. The van der Waals surface area contributed by atoms with Gasteiger partial charge in [-0.2, -0.15) is 0 Å². The Bertz CT molecular complexity index is 826. The second-order valence-electron chi connectivity index (χ2n) is 6.79. The van der Waals surface area contributed by atoms with Gasteiger partial charge in [0.2, 0.25) is 5.91 Å². The molecule has 1 amide bonds. The lowest BCUT2D eigenvalue weighted by atomic mass is 9.85. The maximum atomic E-state index is 13.0. The van der Waals surface area contributed by atoms with E-state index in [0.717, 1.165) is 47.8 Å². The number of aromatic nitrogens is 1. The lowest BCUT2D eigenvalue weighted by molar-refractivity contribution is -0.149. The van der Waals surface area contributed by atoms with Crippen LogP contribution in [0.25, 0.3) is 10.9 Å². The zero-order chi connectivity index (χ0) is 16.8. The first-order valence-corrected chi connectivity index (χ1v) is 8.49. The molecule has 1 aliphatic heterocycles. The van der Waals surface area contributed by atoms with E-state index in [9.17, 15) is 14.7 Å². The van der Waals surface area contributed by atoms with Crippen molar-refractivity contribution in [1.82, 2.24) is 9.88 Å². The predicted molar refractivity (Wildman–Crippen MR) is 90.8 cm³/mol. The average molecular weight is 327 g/mol. The number of carbonyl (C=O) groups is 2. The SMILES string of the molecule is Nc1ccc2[nH]c3c(c2c1)CCCC3C(=O)N1CCCC1C(=O)O. The third-order valence-electron chi connectivity index (χ3n) is 5.35. The number of nitrogen functional groups attached to an aromatic ring is 1. The molecule has 6 heteroatoms. The van der Waals surface area contributed by atoms with Crippen molar-refractivity contribution in [1.29, 1.82) is 0 Å². The largest absolute Gasteiger partial charge is 0.480 e. The lowest BCUT2D eigenvalue weighted by Gasteiger charge is -2.29. The van der Waals surface area contributed by atoms with Crippen LogP contribution in [0, 0.1) is 0 Å². The third kappa shape index (κ3) is 2.25. The van der Waals surface area contributed by atoms with Crippen molar-refractivity contribution in [2.75, 3.05) is 12.3 Å². The molecule has 6 nitrogen and oxygen atoms in total. The fourth-order valence-corrected chi connectivity index (χ4v) is 4.21. The van der Waals surface area contributed by atoms with Crippen LogP contribution in [0.2, 0.25) is 0 Å². The van der Waals surface area contributed by atoms with Crippen molar-refractivity contribution < 1.29 is 14.7 Å². The summed E-state index contributed by atoms with van der Waals surface area (Å²) < 4.78 is 0. The Balaban J connectivity index is 1.72. The number of nitrogens with two attached hydrogens (primary N) is 1. The fourth-order valence-electron chi connectivity index (χ4n) is 4.21. The predicted octanol–water partition coefficient (Wildman–Crippen LogP) is 2.25. The minimum Gasteiger partial charge on any atom is -0.480 e. The van der Waals surface area contributed by atoms with Crippen LogP contribution >= 0.6 is 0 Å². The van der Waals surface area contributed by atoms with Crippen molar-refractivity contribution >= 4 is 28.5 Å². The number of carbonyl (C=O) groups excluding carboxylic acids is 1. The van der Waals surface area contributed by atoms with Crippen LogP contribution in [-0.4, -0.2) is 39.5 Å². The molecule has 0 spiro atoms. The van der Waals surface area contributed by atoms with Crippen LogP contribution in [0.15, 0.2) is 18.2 Å². The number of rotatable bonds is 2. The van der Waals surface area contributed by atoms with Gasteiger partial charge in [-0.1, -0.05) is 0 Å². The Labute approximate surface area is 139 Å². The molecule has 1 saturated heterocycles. The van der Waals surface area contributed by atoms with Crippen molar-refractivity contribution in [3.8, 4) is 0 Å². The van der Waals surface area contributed by atoms with E-state index < -0.39 is 12.0 Å². The second kappa shape index (κ2) is 5.54. The van der Waals surface area contributed by atoms with Gasteiger partial charge in [0.15, 0.2) is 0 Å². The molecule has 2 atom stereocenters. The topological polar surface area (TPSA) is 99.4 Å². The first-order chi connectivity index (χ1) is 11.6. The van der Waals surface area contributed by atoms with E-state index in [-0.39, 0.29) is 11.8 Å². The molecule has 1 aromatic heterocycles. The van der Waals surface area contributed by atoms with E-state index in [1.165, 1.54) is 0 Å². The van der Waals surface area contributed by atoms with Crippen LogP contribution in [-0.2, 0) is 16.0 Å². The number of benzene rings is 1. The number of carboxylic acids is 1. The zero-order valence-corrected chi connectivity index (χ0v) is 13.4. The first kappa shape index (κ1) is 15.1. The van der Waals surface area contributed by atoms with Gasteiger partial charge in [0.05, 0.1) is 5.92 Å². The number of likely N-dealkylation sites (tertiary alicyclic amines) is 1. The number of fused-ring (bicyclic) bond motifs is 3. The van der Waals surface area contributed by atoms with Gasteiger partial charge < -0.3 is 20.7 Å². The van der Waals surface area contributed by atoms with Gasteiger partial charge in [0, 0.05) is 28.8 Å². The molecule has 1 aromatic carbocycles. The number of anilines is 1. The van der Waals surface area contributed by atoms with Crippen LogP contribution < -0.4 is 5.73 Å². The van der Waals surface area contributed by atoms with E-state index in [0.29, 0.717) is 18.7 Å². The van der Waals surface area contributed by atoms with Gasteiger partial charge in [0.1, 0.15) is 6.04 Å². The van der Waals surface area contributed by atoms with Gasteiger partial charge >= 0.3 is 5.97 Å². The van der Waals surface area contributed by atoms with E-state index in [1.807, 2.05) is 18.2 Å². The van der Waals surface area contributed by atoms with Gasteiger partial charge in [-0.3, -0.25) is 4.79 Å². The maximum Gasteiger partial charge on any atom is 0.326 e. The van der Waals surface area contributed by atoms with Gasteiger partial charge in [-0.15, -0.1) is 0 Å². The second-order valence-corrected chi connectivity index (χ2v) is 6.79. The Morgan fingerprint density at radius 3 is 2.88 bits per heavy atom. The van der Waals surface area contributed by atoms with Crippen molar-refractivity contribution in [3.05, 3.63) is 29.5 Å². The minimum atomic E-state index is -0.902. The normalized spacial score (nSPS) is 23.4. The Kier molecular flexibility index (Phi) is 3.48. The molecule has 2 aliphatic rings. The number of hydrogen-bond donors (Lipinski definition) is 3. The van der Waals surface area contributed by atoms with Crippen molar-refractivity contribution in [2.24, 2.45) is 0 Å². The number of aliphatic carboxylic acids is 1. The molecule has 2 aromatic rings.